The minimum absolute atomic E-state index is 0.0312. The molecule has 20 heavy (non-hydrogen) atoms. The highest BCUT2D eigenvalue weighted by molar-refractivity contribution is 5.94. The standard InChI is InChI=1S/C16H22N2O2/c1-12-10-14(7-8-17-12)16(20)18-9-5-3-4-6-15(18)11-13(2)19/h7-8,10,15H,3-6,9,11H2,1-2H3. The van der Waals surface area contributed by atoms with E-state index in [0.29, 0.717) is 12.0 Å². The zero-order chi connectivity index (χ0) is 14.5. The van der Waals surface area contributed by atoms with Crippen molar-refractivity contribution in [2.75, 3.05) is 6.54 Å². The number of Topliss-reactive ketones (excluding diaryl/α,β-unsaturated/α-hetero) is 1. The Morgan fingerprint density at radius 2 is 2.15 bits per heavy atom. The highest BCUT2D eigenvalue weighted by Gasteiger charge is 2.27. The summed E-state index contributed by atoms with van der Waals surface area (Å²) in [6, 6.07) is 3.62. The highest BCUT2D eigenvalue weighted by atomic mass is 16.2. The molecule has 0 radical (unpaired) electrons. The molecule has 0 saturated carbocycles. The van der Waals surface area contributed by atoms with Gasteiger partial charge in [-0.1, -0.05) is 12.8 Å². The molecule has 1 aliphatic heterocycles. The van der Waals surface area contributed by atoms with Crippen LogP contribution in [0.5, 0.6) is 0 Å². The predicted octanol–water partition coefficient (Wildman–Crippen LogP) is 2.75. The number of nitrogens with zero attached hydrogens (tertiary/aromatic N) is 2. The Kier molecular flexibility index (Phi) is 4.88. The van der Waals surface area contributed by atoms with E-state index in [1.54, 1.807) is 19.2 Å². The van der Waals surface area contributed by atoms with E-state index >= 15 is 0 Å². The molecule has 1 aliphatic rings. The van der Waals surface area contributed by atoms with Crippen molar-refractivity contribution in [2.45, 2.75) is 52.0 Å². The Labute approximate surface area is 120 Å². The largest absolute Gasteiger partial charge is 0.335 e. The van der Waals surface area contributed by atoms with Gasteiger partial charge in [0.15, 0.2) is 0 Å². The topological polar surface area (TPSA) is 50.3 Å². The molecule has 108 valence electrons. The van der Waals surface area contributed by atoms with Crippen LogP contribution in [-0.2, 0) is 4.79 Å². The molecule has 0 spiro atoms. The number of carbonyl (C=O) groups is 2. The van der Waals surface area contributed by atoms with Gasteiger partial charge in [-0.3, -0.25) is 14.6 Å². The predicted molar refractivity (Wildman–Crippen MR) is 77.6 cm³/mol. The van der Waals surface area contributed by atoms with E-state index in [9.17, 15) is 9.59 Å². The summed E-state index contributed by atoms with van der Waals surface area (Å²) in [5.74, 6) is 0.184. The van der Waals surface area contributed by atoms with E-state index < -0.39 is 0 Å². The smallest absolute Gasteiger partial charge is 0.254 e. The number of aromatic nitrogens is 1. The van der Waals surface area contributed by atoms with Gasteiger partial charge in [-0.05, 0) is 38.8 Å². The van der Waals surface area contributed by atoms with Crippen LogP contribution in [-0.4, -0.2) is 34.2 Å². The molecule has 2 heterocycles. The Morgan fingerprint density at radius 1 is 1.35 bits per heavy atom. The summed E-state index contributed by atoms with van der Waals surface area (Å²) >= 11 is 0. The number of hydrogen-bond acceptors (Lipinski definition) is 3. The fraction of sp³-hybridized carbons (Fsp3) is 0.562. The molecule has 1 aromatic heterocycles. The lowest BCUT2D eigenvalue weighted by molar-refractivity contribution is -0.118. The first-order valence-electron chi connectivity index (χ1n) is 7.31. The Bertz CT molecular complexity index is 499. The number of hydrogen-bond donors (Lipinski definition) is 0. The molecule has 1 fully saturated rings. The van der Waals surface area contributed by atoms with E-state index in [-0.39, 0.29) is 17.7 Å². The van der Waals surface area contributed by atoms with Gasteiger partial charge < -0.3 is 4.90 Å². The molecule has 1 aromatic rings. The van der Waals surface area contributed by atoms with Gasteiger partial charge in [-0.2, -0.15) is 0 Å². The molecule has 1 unspecified atom stereocenters. The van der Waals surface area contributed by atoms with Crippen molar-refractivity contribution in [3.63, 3.8) is 0 Å². The second kappa shape index (κ2) is 6.64. The summed E-state index contributed by atoms with van der Waals surface area (Å²) < 4.78 is 0. The molecule has 0 bridgehead atoms. The SMILES string of the molecule is CC(=O)CC1CCCCCN1C(=O)c1ccnc(C)c1. The highest BCUT2D eigenvalue weighted by Crippen LogP contribution is 2.22. The fourth-order valence-electron chi connectivity index (χ4n) is 2.83. The number of amides is 1. The van der Waals surface area contributed by atoms with Crippen LogP contribution in [0.1, 0.15) is 55.1 Å². The zero-order valence-corrected chi connectivity index (χ0v) is 12.3. The van der Waals surface area contributed by atoms with Gasteiger partial charge in [0, 0.05) is 36.5 Å². The Hall–Kier alpha value is -1.71. The lowest BCUT2D eigenvalue weighted by Gasteiger charge is -2.29. The lowest BCUT2D eigenvalue weighted by atomic mass is 10.0. The number of rotatable bonds is 3. The summed E-state index contributed by atoms with van der Waals surface area (Å²) in [5, 5.41) is 0. The molecule has 2 rings (SSSR count). The van der Waals surface area contributed by atoms with Crippen molar-refractivity contribution in [3.05, 3.63) is 29.6 Å². The van der Waals surface area contributed by atoms with Crippen molar-refractivity contribution in [1.29, 1.82) is 0 Å². The zero-order valence-electron chi connectivity index (χ0n) is 12.3. The first-order chi connectivity index (χ1) is 9.58. The van der Waals surface area contributed by atoms with Gasteiger partial charge in [0.1, 0.15) is 5.78 Å². The summed E-state index contributed by atoms with van der Waals surface area (Å²) in [6.07, 6.45) is 6.31. The second-order valence-electron chi connectivity index (χ2n) is 5.59. The average molecular weight is 274 g/mol. The van der Waals surface area contributed by atoms with Crippen LogP contribution in [0.2, 0.25) is 0 Å². The quantitative estimate of drug-likeness (QED) is 0.851. The van der Waals surface area contributed by atoms with E-state index in [1.807, 2.05) is 17.9 Å². The summed E-state index contributed by atoms with van der Waals surface area (Å²) in [5.41, 5.74) is 1.52. The lowest BCUT2D eigenvalue weighted by Crippen LogP contribution is -2.41. The normalized spacial score (nSPS) is 19.5. The number of aryl methyl sites for hydroxylation is 1. The van der Waals surface area contributed by atoms with Crippen molar-refractivity contribution < 1.29 is 9.59 Å². The Morgan fingerprint density at radius 3 is 2.85 bits per heavy atom. The van der Waals surface area contributed by atoms with Gasteiger partial charge in [-0.25, -0.2) is 0 Å². The summed E-state index contributed by atoms with van der Waals surface area (Å²) in [7, 11) is 0. The maximum absolute atomic E-state index is 12.7. The number of pyridine rings is 1. The van der Waals surface area contributed by atoms with Crippen molar-refractivity contribution in [2.24, 2.45) is 0 Å². The third-order valence-electron chi connectivity index (χ3n) is 3.80. The summed E-state index contributed by atoms with van der Waals surface area (Å²) in [4.78, 5) is 30.1. The van der Waals surface area contributed by atoms with E-state index in [4.69, 9.17) is 0 Å². The Balaban J connectivity index is 2.21. The first kappa shape index (κ1) is 14.7. The van der Waals surface area contributed by atoms with Crippen LogP contribution in [0.3, 0.4) is 0 Å². The minimum atomic E-state index is 0.0312. The molecule has 1 saturated heterocycles. The maximum atomic E-state index is 12.7. The van der Waals surface area contributed by atoms with Gasteiger partial charge in [0.25, 0.3) is 5.91 Å². The van der Waals surface area contributed by atoms with Gasteiger partial charge in [0.2, 0.25) is 0 Å². The third kappa shape index (κ3) is 3.65. The molecule has 4 heteroatoms. The maximum Gasteiger partial charge on any atom is 0.254 e. The molecule has 0 N–H and O–H groups in total. The molecular weight excluding hydrogens is 252 g/mol. The van der Waals surface area contributed by atoms with Crippen LogP contribution in [0, 0.1) is 6.92 Å². The second-order valence-corrected chi connectivity index (χ2v) is 5.59. The van der Waals surface area contributed by atoms with Gasteiger partial charge >= 0.3 is 0 Å². The van der Waals surface area contributed by atoms with Crippen LogP contribution >= 0.6 is 0 Å². The number of ketones is 1. The minimum Gasteiger partial charge on any atom is -0.335 e. The molecule has 1 amide bonds. The molecule has 0 aromatic carbocycles. The van der Waals surface area contributed by atoms with E-state index in [0.717, 1.165) is 37.9 Å². The number of carbonyl (C=O) groups excluding carboxylic acids is 2. The molecule has 4 nitrogen and oxygen atoms in total. The van der Waals surface area contributed by atoms with Crippen LogP contribution in [0.25, 0.3) is 0 Å². The average Bonchev–Trinajstić information content (AvgIpc) is 2.63. The van der Waals surface area contributed by atoms with Crippen molar-refractivity contribution in [3.8, 4) is 0 Å². The van der Waals surface area contributed by atoms with Gasteiger partial charge in [-0.15, -0.1) is 0 Å². The number of likely N-dealkylation sites (tertiary alicyclic amines) is 1. The van der Waals surface area contributed by atoms with Crippen molar-refractivity contribution in [1.82, 2.24) is 9.88 Å². The van der Waals surface area contributed by atoms with Gasteiger partial charge in [0.05, 0.1) is 0 Å². The monoisotopic (exact) mass is 274 g/mol. The van der Waals surface area contributed by atoms with Crippen LogP contribution < -0.4 is 0 Å². The third-order valence-corrected chi connectivity index (χ3v) is 3.80. The van der Waals surface area contributed by atoms with Crippen LogP contribution in [0.15, 0.2) is 18.3 Å². The van der Waals surface area contributed by atoms with Crippen molar-refractivity contribution >= 4 is 11.7 Å². The van der Waals surface area contributed by atoms with Crippen LogP contribution in [0.4, 0.5) is 0 Å². The fourth-order valence-corrected chi connectivity index (χ4v) is 2.83. The first-order valence-corrected chi connectivity index (χ1v) is 7.31. The summed E-state index contributed by atoms with van der Waals surface area (Å²) in [6.45, 7) is 4.23. The molecule has 0 aliphatic carbocycles. The molecular formula is C16H22N2O2. The van der Waals surface area contributed by atoms with E-state index in [2.05, 4.69) is 4.98 Å². The van der Waals surface area contributed by atoms with E-state index in [1.165, 1.54) is 0 Å². The molecule has 1 atom stereocenters.